The van der Waals surface area contributed by atoms with Gasteiger partial charge >= 0.3 is 6.03 Å². The van der Waals surface area contributed by atoms with Crippen molar-refractivity contribution in [2.24, 2.45) is 0 Å². The number of ether oxygens (including phenoxy) is 1. The molecule has 4 N–H and O–H groups in total. The maximum Gasteiger partial charge on any atom is 0.319 e. The Kier molecular flexibility index (Phi) is 8.19. The lowest BCUT2D eigenvalue weighted by Gasteiger charge is -2.36. The van der Waals surface area contributed by atoms with Gasteiger partial charge in [-0.25, -0.2) is 22.3 Å². The summed E-state index contributed by atoms with van der Waals surface area (Å²) in [6.45, 7) is 1.76. The van der Waals surface area contributed by atoms with E-state index in [4.69, 9.17) is 4.74 Å². The zero-order valence-corrected chi connectivity index (χ0v) is 18.6. The molecule has 1 heterocycles. The number of carbonyl (C=O) groups is 1. The molecule has 0 aliphatic carbocycles. The average Bonchev–Trinajstić information content (AvgIpc) is 2.76. The van der Waals surface area contributed by atoms with Gasteiger partial charge in [-0.3, -0.25) is 0 Å². The van der Waals surface area contributed by atoms with Crippen LogP contribution in [0.2, 0.25) is 0 Å². The molecule has 32 heavy (non-hydrogen) atoms. The minimum Gasteiger partial charge on any atom is -0.394 e. The normalized spacial score (nSPS) is 21.2. The number of amides is 2. The average molecular weight is 466 g/mol. The summed E-state index contributed by atoms with van der Waals surface area (Å²) < 4.78 is 46.9. The van der Waals surface area contributed by atoms with Gasteiger partial charge in [0, 0.05) is 6.54 Å². The Bertz CT molecular complexity index is 1020. The molecule has 10 heteroatoms. The third-order valence-corrected chi connectivity index (χ3v) is 6.80. The number of halogens is 1. The number of anilines is 1. The summed E-state index contributed by atoms with van der Waals surface area (Å²) in [6.07, 6.45) is 0.628. The molecule has 2 amide bonds. The van der Waals surface area contributed by atoms with Crippen LogP contribution in [0.25, 0.3) is 0 Å². The van der Waals surface area contributed by atoms with Crippen molar-refractivity contribution in [2.45, 2.75) is 49.3 Å². The van der Waals surface area contributed by atoms with E-state index in [-0.39, 0.29) is 29.8 Å². The van der Waals surface area contributed by atoms with Crippen LogP contribution in [-0.4, -0.2) is 51.0 Å². The van der Waals surface area contributed by atoms with Crippen molar-refractivity contribution in [3.05, 3.63) is 59.9 Å². The van der Waals surface area contributed by atoms with Crippen LogP contribution < -0.4 is 15.4 Å². The SMILES string of the molecule is Cc1ccc(S(=O)(=O)NCC[C@@H]2CC[C@@H](NC(=O)Nc3ccccc3F)[C@H](CO)O2)cc1. The zero-order chi connectivity index (χ0) is 23.1. The van der Waals surface area contributed by atoms with Crippen molar-refractivity contribution in [2.75, 3.05) is 18.5 Å². The topological polar surface area (TPSA) is 117 Å². The van der Waals surface area contributed by atoms with E-state index in [1.165, 1.54) is 18.2 Å². The van der Waals surface area contributed by atoms with E-state index in [1.54, 1.807) is 30.3 Å². The zero-order valence-electron chi connectivity index (χ0n) is 17.8. The van der Waals surface area contributed by atoms with Gasteiger partial charge in [0.2, 0.25) is 10.0 Å². The Balaban J connectivity index is 1.47. The van der Waals surface area contributed by atoms with Gasteiger partial charge in [0.1, 0.15) is 11.9 Å². The number of nitrogens with one attached hydrogen (secondary N) is 3. The van der Waals surface area contributed by atoms with Crippen molar-refractivity contribution in [3.63, 3.8) is 0 Å². The molecule has 0 bridgehead atoms. The van der Waals surface area contributed by atoms with Gasteiger partial charge < -0.3 is 20.5 Å². The number of para-hydroxylation sites is 1. The van der Waals surface area contributed by atoms with Crippen LogP contribution in [0.4, 0.5) is 14.9 Å². The highest BCUT2D eigenvalue weighted by Crippen LogP contribution is 2.22. The van der Waals surface area contributed by atoms with Gasteiger partial charge in [-0.05, 0) is 50.5 Å². The molecule has 3 atom stereocenters. The fourth-order valence-corrected chi connectivity index (χ4v) is 4.60. The number of hydrogen-bond acceptors (Lipinski definition) is 5. The molecule has 3 rings (SSSR count). The Labute approximate surface area is 187 Å². The van der Waals surface area contributed by atoms with Gasteiger partial charge in [-0.1, -0.05) is 29.8 Å². The van der Waals surface area contributed by atoms with Crippen molar-refractivity contribution in [1.82, 2.24) is 10.0 Å². The number of benzene rings is 2. The summed E-state index contributed by atoms with van der Waals surface area (Å²) in [5, 5.41) is 14.8. The number of urea groups is 1. The van der Waals surface area contributed by atoms with E-state index >= 15 is 0 Å². The van der Waals surface area contributed by atoms with E-state index in [0.717, 1.165) is 5.56 Å². The van der Waals surface area contributed by atoms with E-state index in [9.17, 15) is 22.7 Å². The van der Waals surface area contributed by atoms with Gasteiger partial charge in [0.15, 0.2) is 0 Å². The third kappa shape index (κ3) is 6.49. The number of aryl methyl sites for hydroxylation is 1. The fourth-order valence-electron chi connectivity index (χ4n) is 3.55. The van der Waals surface area contributed by atoms with E-state index in [0.29, 0.717) is 19.3 Å². The predicted molar refractivity (Wildman–Crippen MR) is 118 cm³/mol. The van der Waals surface area contributed by atoms with Crippen LogP contribution in [0.5, 0.6) is 0 Å². The molecular formula is C22H28FN3O5S. The maximum atomic E-state index is 13.7. The van der Waals surface area contributed by atoms with E-state index in [1.807, 2.05) is 6.92 Å². The Morgan fingerprint density at radius 2 is 1.88 bits per heavy atom. The van der Waals surface area contributed by atoms with Gasteiger partial charge in [-0.2, -0.15) is 0 Å². The van der Waals surface area contributed by atoms with E-state index < -0.39 is 34.0 Å². The molecular weight excluding hydrogens is 437 g/mol. The Hall–Kier alpha value is -2.53. The molecule has 2 aromatic rings. The van der Waals surface area contributed by atoms with E-state index in [2.05, 4.69) is 15.4 Å². The van der Waals surface area contributed by atoms with Crippen LogP contribution >= 0.6 is 0 Å². The van der Waals surface area contributed by atoms with Crippen molar-refractivity contribution < 1.29 is 27.4 Å². The summed E-state index contributed by atoms with van der Waals surface area (Å²) >= 11 is 0. The number of sulfonamides is 1. The third-order valence-electron chi connectivity index (χ3n) is 5.32. The quantitative estimate of drug-likeness (QED) is 0.478. The van der Waals surface area contributed by atoms with Crippen LogP contribution in [0.15, 0.2) is 53.4 Å². The Morgan fingerprint density at radius 3 is 2.56 bits per heavy atom. The van der Waals surface area contributed by atoms with Gasteiger partial charge in [-0.15, -0.1) is 0 Å². The lowest BCUT2D eigenvalue weighted by molar-refractivity contribution is -0.0884. The summed E-state index contributed by atoms with van der Waals surface area (Å²) in [7, 11) is -3.61. The highest BCUT2D eigenvalue weighted by atomic mass is 32.2. The monoisotopic (exact) mass is 465 g/mol. The van der Waals surface area contributed by atoms with Crippen LogP contribution in [0.3, 0.4) is 0 Å². The number of aliphatic hydroxyl groups is 1. The second-order valence-electron chi connectivity index (χ2n) is 7.74. The minimum atomic E-state index is -3.61. The van der Waals surface area contributed by atoms with Gasteiger partial charge in [0.05, 0.1) is 29.3 Å². The highest BCUT2D eigenvalue weighted by molar-refractivity contribution is 7.89. The molecule has 0 spiro atoms. The second-order valence-corrected chi connectivity index (χ2v) is 9.51. The molecule has 1 aliphatic rings. The largest absolute Gasteiger partial charge is 0.394 e. The predicted octanol–water partition coefficient (Wildman–Crippen LogP) is 2.53. The highest BCUT2D eigenvalue weighted by Gasteiger charge is 2.32. The molecule has 2 aromatic carbocycles. The number of rotatable bonds is 8. The maximum absolute atomic E-state index is 13.7. The van der Waals surface area contributed by atoms with Crippen molar-refractivity contribution >= 4 is 21.7 Å². The number of hydrogen-bond donors (Lipinski definition) is 4. The minimum absolute atomic E-state index is 0.0565. The standard InChI is InChI=1S/C22H28FN3O5S/c1-15-6-9-17(10-7-15)32(29,30)24-13-12-16-8-11-20(21(14-27)31-16)26-22(28)25-19-5-3-2-4-18(19)23/h2-7,9-10,16,20-21,24,27H,8,11-14H2,1H3,(H2,25,26,28)/t16-,20+,21-/m0/s1. The summed E-state index contributed by atoms with van der Waals surface area (Å²) in [5.74, 6) is -0.547. The molecule has 1 aliphatic heterocycles. The molecule has 0 saturated carbocycles. The smallest absolute Gasteiger partial charge is 0.319 e. The molecule has 1 saturated heterocycles. The summed E-state index contributed by atoms with van der Waals surface area (Å²) in [5.41, 5.74) is 1.03. The first kappa shape index (κ1) is 24.1. The summed E-state index contributed by atoms with van der Waals surface area (Å²) in [6, 6.07) is 11.4. The molecule has 8 nitrogen and oxygen atoms in total. The fraction of sp³-hybridized carbons (Fsp3) is 0.409. The lowest BCUT2D eigenvalue weighted by atomic mass is 9.97. The molecule has 0 aromatic heterocycles. The van der Waals surface area contributed by atoms with Crippen LogP contribution in [0.1, 0.15) is 24.8 Å². The van der Waals surface area contributed by atoms with Crippen molar-refractivity contribution in [1.29, 1.82) is 0 Å². The Morgan fingerprint density at radius 1 is 1.16 bits per heavy atom. The first-order chi connectivity index (χ1) is 15.3. The summed E-state index contributed by atoms with van der Waals surface area (Å²) in [4.78, 5) is 12.4. The first-order valence-electron chi connectivity index (χ1n) is 10.4. The lowest BCUT2D eigenvalue weighted by Crippen LogP contribution is -2.52. The van der Waals surface area contributed by atoms with Crippen LogP contribution in [-0.2, 0) is 14.8 Å². The van der Waals surface area contributed by atoms with Gasteiger partial charge in [0.25, 0.3) is 0 Å². The van der Waals surface area contributed by atoms with Crippen LogP contribution in [0, 0.1) is 12.7 Å². The molecule has 0 unspecified atom stereocenters. The van der Waals surface area contributed by atoms with Crippen molar-refractivity contribution in [3.8, 4) is 0 Å². The molecule has 174 valence electrons. The number of aliphatic hydroxyl groups excluding tert-OH is 1. The first-order valence-corrected chi connectivity index (χ1v) is 11.9. The molecule has 0 radical (unpaired) electrons. The number of carbonyl (C=O) groups excluding carboxylic acids is 1. The second kappa shape index (κ2) is 10.9. The molecule has 1 fully saturated rings.